The first-order valence-corrected chi connectivity index (χ1v) is 10.00. The lowest BCUT2D eigenvalue weighted by Gasteiger charge is -2.39. The molecule has 0 saturated carbocycles. The van der Waals surface area contributed by atoms with Gasteiger partial charge in [-0.15, -0.1) is 0 Å². The van der Waals surface area contributed by atoms with E-state index in [1.54, 1.807) is 11.8 Å². The Labute approximate surface area is 148 Å². The van der Waals surface area contributed by atoms with Crippen LogP contribution in [0.1, 0.15) is 19.4 Å². The quantitative estimate of drug-likeness (QED) is 0.784. The maximum absolute atomic E-state index is 13.5. The molecule has 0 radical (unpaired) electrons. The maximum atomic E-state index is 13.5. The van der Waals surface area contributed by atoms with Crippen molar-refractivity contribution in [3.05, 3.63) is 17.8 Å². The van der Waals surface area contributed by atoms with Gasteiger partial charge in [0.25, 0.3) is 0 Å². The molecular formula is C14H20F3N3O3S2. The lowest BCUT2D eigenvalue weighted by atomic mass is 10.1. The van der Waals surface area contributed by atoms with Gasteiger partial charge in [-0.25, -0.2) is 18.1 Å². The van der Waals surface area contributed by atoms with Gasteiger partial charge in [0.1, 0.15) is 10.7 Å². The summed E-state index contributed by atoms with van der Waals surface area (Å²) < 4.78 is 66.3. The Hall–Kier alpha value is -1.04. The monoisotopic (exact) mass is 399 g/mol. The van der Waals surface area contributed by atoms with Crippen molar-refractivity contribution in [2.45, 2.75) is 29.7 Å². The first-order valence-electron chi connectivity index (χ1n) is 7.53. The second kappa shape index (κ2) is 7.29. The number of sulfonamides is 1. The van der Waals surface area contributed by atoms with Crippen LogP contribution >= 0.6 is 11.8 Å². The van der Waals surface area contributed by atoms with Crippen LogP contribution in [0, 0.1) is 0 Å². The summed E-state index contributed by atoms with van der Waals surface area (Å²) >= 11 is 1.67. The zero-order valence-electron chi connectivity index (χ0n) is 13.8. The number of hydrogen-bond donors (Lipinski definition) is 2. The molecule has 2 N–H and O–H groups in total. The summed E-state index contributed by atoms with van der Waals surface area (Å²) in [6.07, 6.45) is -3.82. The van der Waals surface area contributed by atoms with Crippen LogP contribution in [-0.2, 0) is 16.2 Å². The number of nitrogens with zero attached hydrogens (tertiary/aromatic N) is 2. The topological polar surface area (TPSA) is 82.5 Å². The Morgan fingerprint density at radius 1 is 1.44 bits per heavy atom. The van der Waals surface area contributed by atoms with Crippen molar-refractivity contribution in [2.75, 3.05) is 36.9 Å². The molecule has 0 bridgehead atoms. The molecule has 0 aromatic carbocycles. The number of aromatic nitrogens is 1. The van der Waals surface area contributed by atoms with Gasteiger partial charge in [-0.05, 0) is 19.9 Å². The summed E-state index contributed by atoms with van der Waals surface area (Å²) in [5.74, 6) is 0.395. The molecular weight excluding hydrogens is 379 g/mol. The smallest absolute Gasteiger partial charge is 0.395 e. The van der Waals surface area contributed by atoms with E-state index in [0.29, 0.717) is 24.9 Å². The third-order valence-corrected chi connectivity index (χ3v) is 6.31. The fourth-order valence-corrected chi connectivity index (χ4v) is 4.61. The van der Waals surface area contributed by atoms with E-state index < -0.39 is 33.3 Å². The molecule has 0 amide bonds. The minimum atomic E-state index is -4.74. The van der Waals surface area contributed by atoms with Crippen LogP contribution in [-0.4, -0.2) is 55.2 Å². The Balaban J connectivity index is 2.45. The summed E-state index contributed by atoms with van der Waals surface area (Å²) in [5.41, 5.74) is -1.08. The number of halogens is 3. The van der Waals surface area contributed by atoms with Crippen LogP contribution < -0.4 is 9.62 Å². The molecule has 25 heavy (non-hydrogen) atoms. The van der Waals surface area contributed by atoms with Crippen molar-refractivity contribution in [2.24, 2.45) is 0 Å². The van der Waals surface area contributed by atoms with Gasteiger partial charge in [0.05, 0.1) is 12.2 Å². The third kappa shape index (κ3) is 4.99. The summed E-state index contributed by atoms with van der Waals surface area (Å²) in [4.78, 5) is 4.78. The normalized spacial score (nSPS) is 18.4. The Kier molecular flexibility index (Phi) is 5.92. The molecule has 142 valence electrons. The fourth-order valence-electron chi connectivity index (χ4n) is 2.51. The number of pyridine rings is 1. The van der Waals surface area contributed by atoms with Crippen LogP contribution in [0.3, 0.4) is 0 Å². The van der Waals surface area contributed by atoms with Crippen molar-refractivity contribution in [1.29, 1.82) is 0 Å². The Morgan fingerprint density at radius 3 is 2.68 bits per heavy atom. The van der Waals surface area contributed by atoms with E-state index in [1.165, 1.54) is 4.90 Å². The summed E-state index contributed by atoms with van der Waals surface area (Å²) in [6, 6.07) is 0.594. The minimum absolute atomic E-state index is 0.226. The van der Waals surface area contributed by atoms with E-state index in [-0.39, 0.29) is 17.1 Å². The van der Waals surface area contributed by atoms with Gasteiger partial charge in [0.15, 0.2) is 0 Å². The molecule has 2 rings (SSSR count). The fraction of sp³-hybridized carbons (Fsp3) is 0.643. The first-order chi connectivity index (χ1) is 11.5. The highest BCUT2D eigenvalue weighted by Crippen LogP contribution is 2.39. The molecule has 1 aliphatic heterocycles. The molecule has 0 spiro atoms. The lowest BCUT2D eigenvalue weighted by Crippen LogP contribution is -2.44. The van der Waals surface area contributed by atoms with E-state index in [0.717, 1.165) is 6.20 Å². The van der Waals surface area contributed by atoms with Crippen LogP contribution in [0.4, 0.5) is 19.0 Å². The van der Waals surface area contributed by atoms with Crippen LogP contribution in [0.25, 0.3) is 0 Å². The van der Waals surface area contributed by atoms with Crippen molar-refractivity contribution in [3.8, 4) is 0 Å². The second-order valence-corrected chi connectivity index (χ2v) is 9.76. The average Bonchev–Trinajstić information content (AvgIpc) is 2.50. The van der Waals surface area contributed by atoms with E-state index in [2.05, 4.69) is 4.98 Å². The van der Waals surface area contributed by atoms with Gasteiger partial charge < -0.3 is 10.0 Å². The van der Waals surface area contributed by atoms with Gasteiger partial charge >= 0.3 is 6.18 Å². The zero-order valence-corrected chi connectivity index (χ0v) is 15.4. The molecule has 1 aromatic rings. The highest BCUT2D eigenvalue weighted by molar-refractivity contribution is 8.00. The number of thioether (sulfide) groups is 1. The van der Waals surface area contributed by atoms with Crippen molar-refractivity contribution < 1.29 is 26.7 Å². The largest absolute Gasteiger partial charge is 0.420 e. The Bertz CT molecular complexity index is 724. The SMILES string of the molecule is CC1(C)CN(c2ncc(S(=O)(=O)NCCO)cc2C(F)(F)F)CCS1. The van der Waals surface area contributed by atoms with Gasteiger partial charge in [-0.1, -0.05) is 0 Å². The molecule has 6 nitrogen and oxygen atoms in total. The van der Waals surface area contributed by atoms with E-state index in [1.807, 2.05) is 18.6 Å². The highest BCUT2D eigenvalue weighted by atomic mass is 32.2. The minimum Gasteiger partial charge on any atom is -0.395 e. The molecule has 1 saturated heterocycles. The number of aliphatic hydroxyl groups is 1. The standard InChI is InChI=1S/C14H20F3N3O3S2/c1-13(2)9-20(4-6-24-13)12-11(14(15,16)17)7-10(8-18-12)25(22,23)19-3-5-21/h7-8,19,21H,3-6,9H2,1-2H3. The molecule has 0 atom stereocenters. The predicted molar refractivity (Wildman–Crippen MR) is 90.3 cm³/mol. The second-order valence-electron chi connectivity index (χ2n) is 6.19. The molecule has 0 unspecified atom stereocenters. The molecule has 1 aromatic heterocycles. The average molecular weight is 399 g/mol. The van der Waals surface area contributed by atoms with Crippen molar-refractivity contribution >= 4 is 27.6 Å². The summed E-state index contributed by atoms with van der Waals surface area (Å²) in [6.45, 7) is 3.91. The summed E-state index contributed by atoms with van der Waals surface area (Å²) in [5, 5.41) is 8.69. The van der Waals surface area contributed by atoms with Gasteiger partial charge in [-0.2, -0.15) is 24.9 Å². The molecule has 1 fully saturated rings. The Morgan fingerprint density at radius 2 is 2.12 bits per heavy atom. The maximum Gasteiger partial charge on any atom is 0.420 e. The van der Waals surface area contributed by atoms with Crippen LogP contribution in [0.5, 0.6) is 0 Å². The molecule has 0 aliphatic carbocycles. The number of nitrogens with one attached hydrogen (secondary N) is 1. The molecule has 11 heteroatoms. The van der Waals surface area contributed by atoms with Crippen molar-refractivity contribution in [3.63, 3.8) is 0 Å². The number of aliphatic hydroxyl groups excluding tert-OH is 1. The lowest BCUT2D eigenvalue weighted by molar-refractivity contribution is -0.137. The number of hydrogen-bond acceptors (Lipinski definition) is 6. The van der Waals surface area contributed by atoms with Gasteiger partial charge in [-0.3, -0.25) is 0 Å². The number of alkyl halides is 3. The van der Waals surface area contributed by atoms with Crippen LogP contribution in [0.15, 0.2) is 17.2 Å². The zero-order chi connectivity index (χ0) is 18.9. The third-order valence-electron chi connectivity index (χ3n) is 3.59. The van der Waals surface area contributed by atoms with E-state index in [9.17, 15) is 21.6 Å². The van der Waals surface area contributed by atoms with E-state index >= 15 is 0 Å². The molecule has 1 aliphatic rings. The predicted octanol–water partition coefficient (Wildman–Crippen LogP) is 1.70. The van der Waals surface area contributed by atoms with E-state index in [4.69, 9.17) is 5.11 Å². The number of rotatable bonds is 5. The first kappa shape index (κ1) is 20.3. The highest BCUT2D eigenvalue weighted by Gasteiger charge is 2.39. The van der Waals surface area contributed by atoms with Crippen LogP contribution in [0.2, 0.25) is 0 Å². The van der Waals surface area contributed by atoms with Crippen molar-refractivity contribution in [1.82, 2.24) is 9.71 Å². The number of anilines is 1. The van der Waals surface area contributed by atoms with Gasteiger partial charge in [0, 0.05) is 36.3 Å². The van der Waals surface area contributed by atoms with Gasteiger partial charge in [0.2, 0.25) is 10.0 Å². The summed E-state index contributed by atoms with van der Waals surface area (Å²) in [7, 11) is -4.17. The molecule has 2 heterocycles.